The fourth-order valence-electron chi connectivity index (χ4n) is 2.44. The summed E-state index contributed by atoms with van der Waals surface area (Å²) >= 11 is 0. The molecule has 2 N–H and O–H groups in total. The third-order valence-corrected chi connectivity index (χ3v) is 3.50. The minimum absolute atomic E-state index is 0.0997. The maximum atomic E-state index is 12.0. The van der Waals surface area contributed by atoms with Gasteiger partial charge in [0.1, 0.15) is 12.0 Å². The van der Waals surface area contributed by atoms with E-state index in [-0.39, 0.29) is 30.4 Å². The maximum Gasteiger partial charge on any atom is 0.350 e. The largest absolute Gasteiger partial charge is 0.464 e. The molecule has 1 heterocycles. The molecule has 1 aliphatic rings. The maximum absolute atomic E-state index is 12.0. The number of ether oxygens (including phenoxy) is 2. The molecule has 0 saturated carbocycles. The minimum atomic E-state index is -0.860. The number of rotatable bonds is 4. The topological polar surface area (TPSA) is 102 Å². The van der Waals surface area contributed by atoms with Gasteiger partial charge in [0.05, 0.1) is 13.2 Å². The van der Waals surface area contributed by atoms with Crippen LogP contribution in [-0.2, 0) is 19.1 Å². The fraction of sp³-hybridized carbons (Fsp3) is 0.312. The fourth-order valence-corrected chi connectivity index (χ4v) is 2.44. The number of nitriles is 1. The number of esters is 2. The summed E-state index contributed by atoms with van der Waals surface area (Å²) < 4.78 is 9.87. The Bertz CT molecular complexity index is 646. The van der Waals surface area contributed by atoms with E-state index in [1.807, 2.05) is 30.3 Å². The molecule has 0 spiro atoms. The van der Waals surface area contributed by atoms with Crippen LogP contribution >= 0.6 is 0 Å². The Morgan fingerprint density at radius 3 is 2.73 bits per heavy atom. The van der Waals surface area contributed by atoms with Gasteiger partial charge >= 0.3 is 11.9 Å². The van der Waals surface area contributed by atoms with Crippen LogP contribution in [-0.4, -0.2) is 25.2 Å². The van der Waals surface area contributed by atoms with Gasteiger partial charge in [-0.1, -0.05) is 30.3 Å². The first-order valence-corrected chi connectivity index (χ1v) is 6.88. The number of hydrogen-bond acceptors (Lipinski definition) is 6. The number of benzene rings is 1. The smallest absolute Gasteiger partial charge is 0.350 e. The van der Waals surface area contributed by atoms with Crippen LogP contribution in [0.5, 0.6) is 0 Å². The number of carbonyl (C=O) groups is 2. The molecule has 2 unspecified atom stereocenters. The van der Waals surface area contributed by atoms with Gasteiger partial charge < -0.3 is 15.2 Å². The molecule has 1 aromatic carbocycles. The Balaban J connectivity index is 2.40. The van der Waals surface area contributed by atoms with Crippen molar-refractivity contribution in [1.29, 1.82) is 5.26 Å². The molecule has 0 radical (unpaired) electrons. The molecule has 2 rings (SSSR count). The van der Waals surface area contributed by atoms with E-state index >= 15 is 0 Å². The van der Waals surface area contributed by atoms with Crippen LogP contribution in [0.1, 0.15) is 18.4 Å². The normalized spacial score (nSPS) is 21.5. The zero-order chi connectivity index (χ0) is 16.1. The summed E-state index contributed by atoms with van der Waals surface area (Å²) in [6.45, 7) is 1.91. The average molecular weight is 300 g/mol. The number of nitrogens with zero attached hydrogens (tertiary/aromatic N) is 1. The quantitative estimate of drug-likeness (QED) is 0.510. The van der Waals surface area contributed by atoms with Crippen LogP contribution in [0.25, 0.3) is 0 Å². The third kappa shape index (κ3) is 2.93. The molecule has 1 aromatic rings. The zero-order valence-electron chi connectivity index (χ0n) is 12.1. The molecule has 1 aliphatic heterocycles. The van der Waals surface area contributed by atoms with Crippen molar-refractivity contribution in [1.82, 2.24) is 0 Å². The summed E-state index contributed by atoms with van der Waals surface area (Å²) in [5.41, 5.74) is 6.36. The van der Waals surface area contributed by atoms with Crippen molar-refractivity contribution in [2.45, 2.75) is 12.8 Å². The van der Waals surface area contributed by atoms with E-state index in [0.717, 1.165) is 5.56 Å². The van der Waals surface area contributed by atoms with Gasteiger partial charge in [-0.25, -0.2) is 4.79 Å². The highest BCUT2D eigenvalue weighted by atomic mass is 16.5. The van der Waals surface area contributed by atoms with Crippen LogP contribution in [0.15, 0.2) is 41.6 Å². The second-order valence-corrected chi connectivity index (χ2v) is 4.79. The first kappa shape index (κ1) is 15.6. The molecule has 22 heavy (non-hydrogen) atoms. The van der Waals surface area contributed by atoms with Gasteiger partial charge in [-0.05, 0) is 12.5 Å². The molecule has 0 bridgehead atoms. The Morgan fingerprint density at radius 2 is 2.14 bits per heavy atom. The molecule has 2 atom stereocenters. The summed E-state index contributed by atoms with van der Waals surface area (Å²) in [5, 5.41) is 9.16. The van der Waals surface area contributed by atoms with Crippen LogP contribution in [0.4, 0.5) is 0 Å². The number of cyclic esters (lactones) is 1. The Hall–Kier alpha value is -2.81. The van der Waals surface area contributed by atoms with Crippen molar-refractivity contribution in [3.63, 3.8) is 0 Å². The van der Waals surface area contributed by atoms with Gasteiger partial charge in [0, 0.05) is 11.6 Å². The number of hydrogen-bond donors (Lipinski definition) is 1. The van der Waals surface area contributed by atoms with E-state index in [1.54, 1.807) is 13.0 Å². The van der Waals surface area contributed by atoms with E-state index in [2.05, 4.69) is 0 Å². The highest BCUT2D eigenvalue weighted by molar-refractivity contribution is 5.95. The standard InChI is InChI=1S/C16H16N2O4/c1-2-21-15(19)11(8-17)14(18)13-12(9-22-16(13)20)10-6-4-3-5-7-10/h3-7,12-13H,2,9,18H2,1H3/b14-11-. The van der Waals surface area contributed by atoms with E-state index in [9.17, 15) is 9.59 Å². The van der Waals surface area contributed by atoms with Crippen LogP contribution in [0.3, 0.4) is 0 Å². The minimum Gasteiger partial charge on any atom is -0.464 e. The first-order valence-electron chi connectivity index (χ1n) is 6.88. The lowest BCUT2D eigenvalue weighted by Crippen LogP contribution is -2.26. The molecule has 0 amide bonds. The van der Waals surface area contributed by atoms with Crippen LogP contribution < -0.4 is 5.73 Å². The van der Waals surface area contributed by atoms with Crippen LogP contribution in [0, 0.1) is 17.2 Å². The molecular formula is C16H16N2O4. The SMILES string of the molecule is CCOC(=O)/C(C#N)=C(\N)C1C(=O)OCC1c1ccccc1. The molecular weight excluding hydrogens is 284 g/mol. The second kappa shape index (κ2) is 6.76. The highest BCUT2D eigenvalue weighted by Gasteiger charge is 2.41. The predicted octanol–water partition coefficient (Wildman–Crippen LogP) is 1.24. The molecule has 1 fully saturated rings. The van der Waals surface area contributed by atoms with Gasteiger partial charge in [-0.15, -0.1) is 0 Å². The van der Waals surface area contributed by atoms with Gasteiger partial charge in [0.25, 0.3) is 0 Å². The monoisotopic (exact) mass is 300 g/mol. The third-order valence-electron chi connectivity index (χ3n) is 3.50. The van der Waals surface area contributed by atoms with E-state index < -0.39 is 17.9 Å². The molecule has 6 heteroatoms. The second-order valence-electron chi connectivity index (χ2n) is 4.79. The van der Waals surface area contributed by atoms with Crippen LogP contribution in [0.2, 0.25) is 0 Å². The Morgan fingerprint density at radius 1 is 1.45 bits per heavy atom. The first-order chi connectivity index (χ1) is 10.6. The van der Waals surface area contributed by atoms with E-state index in [0.29, 0.717) is 0 Å². The molecule has 0 aromatic heterocycles. The predicted molar refractivity (Wildman–Crippen MR) is 77.1 cm³/mol. The summed E-state index contributed by atoms with van der Waals surface area (Å²) in [5.74, 6) is -2.55. The van der Waals surface area contributed by atoms with Crippen molar-refractivity contribution in [2.75, 3.05) is 13.2 Å². The molecule has 6 nitrogen and oxygen atoms in total. The van der Waals surface area contributed by atoms with Crippen molar-refractivity contribution < 1.29 is 19.1 Å². The zero-order valence-corrected chi connectivity index (χ0v) is 12.1. The number of nitrogens with two attached hydrogens (primary N) is 1. The van der Waals surface area contributed by atoms with Gasteiger partial charge in [0.2, 0.25) is 0 Å². The lowest BCUT2D eigenvalue weighted by molar-refractivity contribution is -0.140. The molecule has 114 valence electrons. The lowest BCUT2D eigenvalue weighted by atomic mass is 9.85. The number of carbonyl (C=O) groups excluding carboxylic acids is 2. The van der Waals surface area contributed by atoms with Crippen molar-refractivity contribution in [2.24, 2.45) is 11.7 Å². The van der Waals surface area contributed by atoms with Gasteiger partial charge in [0.15, 0.2) is 5.57 Å². The molecule has 0 aliphatic carbocycles. The lowest BCUT2D eigenvalue weighted by Gasteiger charge is -2.17. The van der Waals surface area contributed by atoms with Gasteiger partial charge in [-0.2, -0.15) is 5.26 Å². The van der Waals surface area contributed by atoms with Crippen molar-refractivity contribution in [3.05, 3.63) is 47.2 Å². The molecule has 1 saturated heterocycles. The summed E-state index contributed by atoms with van der Waals surface area (Å²) in [6, 6.07) is 11.0. The summed E-state index contributed by atoms with van der Waals surface area (Å²) in [6.07, 6.45) is 0. The van der Waals surface area contributed by atoms with E-state index in [1.165, 1.54) is 0 Å². The highest BCUT2D eigenvalue weighted by Crippen LogP contribution is 2.36. The Kier molecular flexibility index (Phi) is 4.79. The summed E-state index contributed by atoms with van der Waals surface area (Å²) in [7, 11) is 0. The van der Waals surface area contributed by atoms with E-state index in [4.69, 9.17) is 20.5 Å². The Labute approximate surface area is 128 Å². The van der Waals surface area contributed by atoms with Gasteiger partial charge in [-0.3, -0.25) is 4.79 Å². The van der Waals surface area contributed by atoms with Crippen molar-refractivity contribution >= 4 is 11.9 Å². The average Bonchev–Trinajstić information content (AvgIpc) is 2.90. The van der Waals surface area contributed by atoms with Crippen molar-refractivity contribution in [3.8, 4) is 6.07 Å². The summed E-state index contributed by atoms with van der Waals surface area (Å²) in [4.78, 5) is 23.8.